The average molecular weight is 417 g/mol. The van der Waals surface area contributed by atoms with Crippen LogP contribution in [-0.4, -0.2) is 52.2 Å². The van der Waals surface area contributed by atoms with E-state index in [1.807, 2.05) is 19.1 Å². The molecule has 1 saturated heterocycles. The molecule has 158 valence electrons. The molecule has 1 heterocycles. The second-order valence-corrected chi connectivity index (χ2v) is 9.36. The van der Waals surface area contributed by atoms with E-state index in [9.17, 15) is 8.42 Å². The Morgan fingerprint density at radius 3 is 2.31 bits per heavy atom. The summed E-state index contributed by atoms with van der Waals surface area (Å²) >= 11 is 0. The predicted molar refractivity (Wildman–Crippen MR) is 118 cm³/mol. The van der Waals surface area contributed by atoms with Crippen LogP contribution in [-0.2, 0) is 21.2 Å². The van der Waals surface area contributed by atoms with Gasteiger partial charge in [0.1, 0.15) is 0 Å². The molecule has 0 radical (unpaired) electrons. The van der Waals surface area contributed by atoms with Crippen LogP contribution in [0.5, 0.6) is 0 Å². The van der Waals surface area contributed by atoms with E-state index in [1.54, 1.807) is 12.1 Å². The molecule has 2 aromatic carbocycles. The molecule has 0 aliphatic carbocycles. The molecule has 2 aromatic rings. The van der Waals surface area contributed by atoms with Crippen molar-refractivity contribution in [2.45, 2.75) is 44.0 Å². The van der Waals surface area contributed by atoms with Crippen LogP contribution in [0.3, 0.4) is 0 Å². The van der Waals surface area contributed by atoms with E-state index in [-0.39, 0.29) is 11.4 Å². The highest BCUT2D eigenvalue weighted by molar-refractivity contribution is 7.89. The number of benzene rings is 2. The molecule has 0 spiro atoms. The normalized spacial score (nSPS) is 17.7. The van der Waals surface area contributed by atoms with Crippen molar-refractivity contribution in [3.05, 3.63) is 54.1 Å². The zero-order chi connectivity index (χ0) is 20.7. The van der Waals surface area contributed by atoms with Gasteiger partial charge in [0.25, 0.3) is 0 Å². The lowest BCUT2D eigenvalue weighted by Crippen LogP contribution is -2.28. The lowest BCUT2D eigenvalue weighted by molar-refractivity contribution is 0.153. The molecule has 1 aliphatic heterocycles. The average Bonchev–Trinajstić information content (AvgIpc) is 3.15. The molecule has 0 saturated carbocycles. The van der Waals surface area contributed by atoms with Gasteiger partial charge in [-0.25, -0.2) is 13.1 Å². The molecular weight excluding hydrogens is 384 g/mol. The second-order valence-electron chi connectivity index (χ2n) is 7.59. The summed E-state index contributed by atoms with van der Waals surface area (Å²) in [7, 11) is -3.50. The summed E-state index contributed by atoms with van der Waals surface area (Å²) < 4.78 is 32.4. The van der Waals surface area contributed by atoms with Crippen molar-refractivity contribution in [1.29, 1.82) is 0 Å². The quantitative estimate of drug-likeness (QED) is 0.600. The Hall–Kier alpha value is -1.73. The molecule has 1 atom stereocenters. The molecule has 1 aliphatic rings. The maximum Gasteiger partial charge on any atom is 0.240 e. The van der Waals surface area contributed by atoms with Gasteiger partial charge in [0.2, 0.25) is 10.0 Å². The number of hydrogen-bond donors (Lipinski definition) is 1. The smallest absolute Gasteiger partial charge is 0.240 e. The minimum Gasteiger partial charge on any atom is -0.380 e. The molecule has 6 heteroatoms. The van der Waals surface area contributed by atoms with E-state index >= 15 is 0 Å². The standard InChI is InChI=1S/C23H32N2O3S/c1-3-28-18-15-24-29(26,27)23-12-10-22(11-13-23)21-8-6-20(7-9-21)14-17-25-16-4-5-19(25)2/h6-13,19,24H,3-5,14-18H2,1-2H3. The monoisotopic (exact) mass is 416 g/mol. The topological polar surface area (TPSA) is 58.6 Å². The molecule has 1 unspecified atom stereocenters. The minimum absolute atomic E-state index is 0.272. The second kappa shape index (κ2) is 10.3. The van der Waals surface area contributed by atoms with E-state index in [4.69, 9.17) is 4.74 Å². The minimum atomic E-state index is -3.50. The first-order valence-electron chi connectivity index (χ1n) is 10.5. The number of hydrogen-bond acceptors (Lipinski definition) is 4. The molecule has 0 amide bonds. The van der Waals surface area contributed by atoms with Crippen molar-refractivity contribution in [3.8, 4) is 11.1 Å². The van der Waals surface area contributed by atoms with Crippen molar-refractivity contribution < 1.29 is 13.2 Å². The summed E-state index contributed by atoms with van der Waals surface area (Å²) in [6, 6.07) is 16.3. The van der Waals surface area contributed by atoms with Gasteiger partial charge >= 0.3 is 0 Å². The van der Waals surface area contributed by atoms with Crippen molar-refractivity contribution in [1.82, 2.24) is 9.62 Å². The van der Waals surface area contributed by atoms with Gasteiger partial charge in [-0.1, -0.05) is 36.4 Å². The van der Waals surface area contributed by atoms with Crippen molar-refractivity contribution in [3.63, 3.8) is 0 Å². The fourth-order valence-corrected chi connectivity index (χ4v) is 4.78. The summed E-state index contributed by atoms with van der Waals surface area (Å²) in [4.78, 5) is 2.84. The first-order valence-corrected chi connectivity index (χ1v) is 12.0. The third-order valence-electron chi connectivity index (χ3n) is 5.57. The van der Waals surface area contributed by atoms with Crippen molar-refractivity contribution in [2.75, 3.05) is 32.8 Å². The highest BCUT2D eigenvalue weighted by Gasteiger charge is 2.19. The van der Waals surface area contributed by atoms with Crippen LogP contribution in [0.4, 0.5) is 0 Å². The van der Waals surface area contributed by atoms with Crippen LogP contribution in [0.15, 0.2) is 53.4 Å². The van der Waals surface area contributed by atoms with E-state index in [0.29, 0.717) is 19.3 Å². The molecule has 0 bridgehead atoms. The van der Waals surface area contributed by atoms with E-state index < -0.39 is 10.0 Å². The van der Waals surface area contributed by atoms with Crippen LogP contribution < -0.4 is 4.72 Å². The third kappa shape index (κ3) is 6.12. The van der Waals surface area contributed by atoms with Crippen LogP contribution in [0.1, 0.15) is 32.3 Å². The lowest BCUT2D eigenvalue weighted by Gasteiger charge is -2.20. The van der Waals surface area contributed by atoms with Gasteiger partial charge in [-0.2, -0.15) is 0 Å². The number of sulfonamides is 1. The van der Waals surface area contributed by atoms with Gasteiger partial charge in [-0.3, -0.25) is 0 Å². The maximum absolute atomic E-state index is 12.3. The summed E-state index contributed by atoms with van der Waals surface area (Å²) in [5, 5.41) is 0. The highest BCUT2D eigenvalue weighted by atomic mass is 32.2. The number of likely N-dealkylation sites (tertiary alicyclic amines) is 1. The molecule has 1 N–H and O–H groups in total. The van der Waals surface area contributed by atoms with Gasteiger partial charge in [0, 0.05) is 25.7 Å². The van der Waals surface area contributed by atoms with Crippen molar-refractivity contribution in [2.24, 2.45) is 0 Å². The van der Waals surface area contributed by atoms with Gasteiger partial charge in [-0.15, -0.1) is 0 Å². The van der Waals surface area contributed by atoms with Gasteiger partial charge in [-0.05, 0) is 68.5 Å². The van der Waals surface area contributed by atoms with E-state index in [1.165, 1.54) is 24.9 Å². The van der Waals surface area contributed by atoms with Gasteiger partial charge in [0.15, 0.2) is 0 Å². The SMILES string of the molecule is CCOCCNS(=O)(=O)c1ccc(-c2ccc(CCN3CCCC3C)cc2)cc1. The summed E-state index contributed by atoms with van der Waals surface area (Å²) in [6.07, 6.45) is 3.69. The fraction of sp³-hybridized carbons (Fsp3) is 0.478. The molecule has 29 heavy (non-hydrogen) atoms. The Labute approximate surface area is 175 Å². The molecule has 0 aromatic heterocycles. The summed E-state index contributed by atoms with van der Waals surface area (Å²) in [6.45, 7) is 7.75. The van der Waals surface area contributed by atoms with Crippen LogP contribution >= 0.6 is 0 Å². The molecule has 5 nitrogen and oxygen atoms in total. The third-order valence-corrected chi connectivity index (χ3v) is 7.05. The molecule has 1 fully saturated rings. The Bertz CT molecular complexity index is 864. The Kier molecular flexibility index (Phi) is 7.84. The number of nitrogens with one attached hydrogen (secondary N) is 1. The molecular formula is C23H32N2O3S. The first-order chi connectivity index (χ1) is 14.0. The van der Waals surface area contributed by atoms with Crippen molar-refractivity contribution >= 4 is 10.0 Å². The summed E-state index contributed by atoms with van der Waals surface area (Å²) in [5.74, 6) is 0. The van der Waals surface area contributed by atoms with E-state index in [0.717, 1.165) is 24.1 Å². The van der Waals surface area contributed by atoms with Crippen LogP contribution in [0, 0.1) is 0 Å². The zero-order valence-electron chi connectivity index (χ0n) is 17.4. The Morgan fingerprint density at radius 2 is 1.72 bits per heavy atom. The Balaban J connectivity index is 1.58. The Morgan fingerprint density at radius 1 is 1.07 bits per heavy atom. The number of rotatable bonds is 10. The summed E-state index contributed by atoms with van der Waals surface area (Å²) in [5.41, 5.74) is 3.44. The fourth-order valence-electron chi connectivity index (χ4n) is 3.76. The largest absolute Gasteiger partial charge is 0.380 e. The lowest BCUT2D eigenvalue weighted by atomic mass is 10.0. The first kappa shape index (κ1) is 22.0. The number of ether oxygens (including phenoxy) is 1. The van der Waals surface area contributed by atoms with Gasteiger partial charge in [0.05, 0.1) is 11.5 Å². The highest BCUT2D eigenvalue weighted by Crippen LogP contribution is 2.23. The van der Waals surface area contributed by atoms with Gasteiger partial charge < -0.3 is 9.64 Å². The maximum atomic E-state index is 12.3. The van der Waals surface area contributed by atoms with Crippen LogP contribution in [0.2, 0.25) is 0 Å². The molecule has 3 rings (SSSR count). The van der Waals surface area contributed by atoms with Crippen LogP contribution in [0.25, 0.3) is 11.1 Å². The zero-order valence-corrected chi connectivity index (χ0v) is 18.2. The van der Waals surface area contributed by atoms with E-state index in [2.05, 4.69) is 40.8 Å². The number of nitrogens with zero attached hydrogens (tertiary/aromatic N) is 1. The predicted octanol–water partition coefficient (Wildman–Crippen LogP) is 3.70.